The minimum atomic E-state index is -0.216. The Labute approximate surface area is 101 Å². The fraction of sp³-hybridized carbons (Fsp3) is 0.462. The van der Waals surface area contributed by atoms with Gasteiger partial charge < -0.3 is 9.64 Å². The molecule has 0 atom stereocenters. The zero-order valence-corrected chi connectivity index (χ0v) is 10.5. The Bertz CT molecular complexity index is 393. The van der Waals surface area contributed by atoms with E-state index in [0.29, 0.717) is 25.1 Å². The van der Waals surface area contributed by atoms with E-state index in [1.54, 1.807) is 13.0 Å². The van der Waals surface area contributed by atoms with Crippen molar-refractivity contribution in [1.29, 1.82) is 0 Å². The zero-order valence-electron chi connectivity index (χ0n) is 10.5. The predicted molar refractivity (Wildman–Crippen MR) is 64.1 cm³/mol. The molecule has 1 aromatic carbocycles. The van der Waals surface area contributed by atoms with Crippen molar-refractivity contribution in [2.45, 2.75) is 19.9 Å². The van der Waals surface area contributed by atoms with Crippen molar-refractivity contribution in [2.24, 2.45) is 0 Å². The van der Waals surface area contributed by atoms with Gasteiger partial charge in [-0.15, -0.1) is 0 Å². The van der Waals surface area contributed by atoms with E-state index < -0.39 is 0 Å². The van der Waals surface area contributed by atoms with Crippen LogP contribution in [0.15, 0.2) is 18.2 Å². The fourth-order valence-corrected chi connectivity index (χ4v) is 1.58. The largest absolute Gasteiger partial charge is 0.469 e. The van der Waals surface area contributed by atoms with E-state index in [2.05, 4.69) is 4.74 Å². The lowest BCUT2D eigenvalue weighted by Crippen LogP contribution is -2.21. The molecule has 0 amide bonds. The smallest absolute Gasteiger partial charge is 0.306 e. The van der Waals surface area contributed by atoms with Gasteiger partial charge in [-0.05, 0) is 31.2 Å². The van der Waals surface area contributed by atoms with Gasteiger partial charge in [-0.25, -0.2) is 4.39 Å². The van der Waals surface area contributed by atoms with E-state index in [1.165, 1.54) is 13.2 Å². The Balaban J connectivity index is 2.47. The van der Waals surface area contributed by atoms with Gasteiger partial charge in [0.25, 0.3) is 0 Å². The Morgan fingerprint density at radius 3 is 2.76 bits per heavy atom. The minimum absolute atomic E-state index is 0.189. The molecule has 0 radical (unpaired) electrons. The average Bonchev–Trinajstić information content (AvgIpc) is 2.31. The zero-order chi connectivity index (χ0) is 12.8. The van der Waals surface area contributed by atoms with Gasteiger partial charge in [-0.3, -0.25) is 4.79 Å². The third kappa shape index (κ3) is 4.53. The molecule has 0 aliphatic carbocycles. The molecule has 1 rings (SSSR count). The Hall–Kier alpha value is -1.42. The number of hydrogen-bond donors (Lipinski definition) is 0. The third-order valence-corrected chi connectivity index (χ3v) is 2.60. The Kier molecular flexibility index (Phi) is 5.10. The second kappa shape index (κ2) is 6.35. The summed E-state index contributed by atoms with van der Waals surface area (Å²) >= 11 is 0. The molecule has 0 fully saturated rings. The van der Waals surface area contributed by atoms with Gasteiger partial charge in [0.15, 0.2) is 0 Å². The van der Waals surface area contributed by atoms with Crippen LogP contribution < -0.4 is 0 Å². The van der Waals surface area contributed by atoms with E-state index in [0.717, 1.165) is 5.56 Å². The molecule has 0 aromatic heterocycles. The maximum Gasteiger partial charge on any atom is 0.306 e. The highest BCUT2D eigenvalue weighted by molar-refractivity contribution is 5.69. The quantitative estimate of drug-likeness (QED) is 0.737. The lowest BCUT2D eigenvalue weighted by atomic mass is 10.1. The lowest BCUT2D eigenvalue weighted by Gasteiger charge is -2.16. The van der Waals surface area contributed by atoms with Crippen LogP contribution in [0.25, 0.3) is 0 Å². The van der Waals surface area contributed by atoms with Gasteiger partial charge in [-0.1, -0.05) is 12.1 Å². The number of aryl methyl sites for hydroxylation is 1. The number of ether oxygens (including phenoxy) is 1. The number of nitrogens with zero attached hydrogens (tertiary/aromatic N) is 1. The lowest BCUT2D eigenvalue weighted by molar-refractivity contribution is -0.140. The molecule has 0 saturated heterocycles. The van der Waals surface area contributed by atoms with Crippen molar-refractivity contribution in [3.05, 3.63) is 35.1 Å². The Morgan fingerprint density at radius 2 is 2.18 bits per heavy atom. The van der Waals surface area contributed by atoms with Crippen LogP contribution in [0.4, 0.5) is 4.39 Å². The SMILES string of the molecule is COC(=O)CCN(C)Cc1ccc(F)c(C)c1. The van der Waals surface area contributed by atoms with Crippen molar-refractivity contribution in [1.82, 2.24) is 4.90 Å². The molecular weight excluding hydrogens is 221 g/mol. The van der Waals surface area contributed by atoms with Crippen LogP contribution in [0.5, 0.6) is 0 Å². The van der Waals surface area contributed by atoms with Crippen LogP contribution in [0, 0.1) is 12.7 Å². The van der Waals surface area contributed by atoms with Crippen LogP contribution in [-0.4, -0.2) is 31.6 Å². The fourth-order valence-electron chi connectivity index (χ4n) is 1.58. The van der Waals surface area contributed by atoms with Crippen LogP contribution >= 0.6 is 0 Å². The van der Waals surface area contributed by atoms with Crippen molar-refractivity contribution in [3.63, 3.8) is 0 Å². The number of carbonyl (C=O) groups excluding carboxylic acids is 1. The molecule has 0 aliphatic rings. The number of carbonyl (C=O) groups is 1. The monoisotopic (exact) mass is 239 g/mol. The van der Waals surface area contributed by atoms with Crippen LogP contribution in [0.2, 0.25) is 0 Å². The number of benzene rings is 1. The first-order valence-electron chi connectivity index (χ1n) is 5.53. The number of methoxy groups -OCH3 is 1. The van der Waals surface area contributed by atoms with Crippen molar-refractivity contribution in [3.8, 4) is 0 Å². The number of hydrogen-bond acceptors (Lipinski definition) is 3. The molecule has 4 heteroatoms. The highest BCUT2D eigenvalue weighted by atomic mass is 19.1. The summed E-state index contributed by atoms with van der Waals surface area (Å²) in [6, 6.07) is 5.06. The summed E-state index contributed by atoms with van der Waals surface area (Å²) in [6.45, 7) is 3.06. The molecule has 17 heavy (non-hydrogen) atoms. The minimum Gasteiger partial charge on any atom is -0.469 e. The predicted octanol–water partition coefficient (Wildman–Crippen LogP) is 2.13. The molecule has 0 unspecified atom stereocenters. The molecule has 3 nitrogen and oxygen atoms in total. The van der Waals surface area contributed by atoms with E-state index >= 15 is 0 Å². The van der Waals surface area contributed by atoms with Crippen LogP contribution in [0.3, 0.4) is 0 Å². The van der Waals surface area contributed by atoms with E-state index in [1.807, 2.05) is 18.0 Å². The normalized spacial score (nSPS) is 10.6. The summed E-state index contributed by atoms with van der Waals surface area (Å²) in [5.41, 5.74) is 1.68. The average molecular weight is 239 g/mol. The maximum absolute atomic E-state index is 13.1. The topological polar surface area (TPSA) is 29.5 Å². The summed E-state index contributed by atoms with van der Waals surface area (Å²) in [4.78, 5) is 13.0. The van der Waals surface area contributed by atoms with Crippen molar-refractivity contribution < 1.29 is 13.9 Å². The van der Waals surface area contributed by atoms with Gasteiger partial charge in [-0.2, -0.15) is 0 Å². The van der Waals surface area contributed by atoms with Crippen LogP contribution in [0.1, 0.15) is 17.5 Å². The molecule has 0 N–H and O–H groups in total. The molecule has 94 valence electrons. The third-order valence-electron chi connectivity index (χ3n) is 2.60. The number of esters is 1. The summed E-state index contributed by atoms with van der Waals surface area (Å²) in [7, 11) is 3.30. The molecule has 1 aromatic rings. The van der Waals surface area contributed by atoms with Gasteiger partial charge in [0, 0.05) is 13.1 Å². The molecule has 0 bridgehead atoms. The van der Waals surface area contributed by atoms with Gasteiger partial charge in [0.05, 0.1) is 13.5 Å². The number of halogens is 1. The van der Waals surface area contributed by atoms with E-state index in [-0.39, 0.29) is 11.8 Å². The first-order chi connectivity index (χ1) is 8.02. The number of rotatable bonds is 5. The molecular formula is C13H18FNO2. The highest BCUT2D eigenvalue weighted by Gasteiger charge is 2.06. The molecule has 0 spiro atoms. The maximum atomic E-state index is 13.1. The standard InChI is InChI=1S/C13H18FNO2/c1-10-8-11(4-5-12(10)14)9-15(2)7-6-13(16)17-3/h4-5,8H,6-7,9H2,1-3H3. The van der Waals surface area contributed by atoms with E-state index in [4.69, 9.17) is 0 Å². The second-order valence-corrected chi connectivity index (χ2v) is 4.15. The first-order valence-corrected chi connectivity index (χ1v) is 5.53. The first kappa shape index (κ1) is 13.6. The summed E-state index contributed by atoms with van der Waals surface area (Å²) in [5, 5.41) is 0. The molecule has 0 heterocycles. The Morgan fingerprint density at radius 1 is 1.47 bits per heavy atom. The summed E-state index contributed by atoms with van der Waals surface area (Å²) < 4.78 is 17.6. The van der Waals surface area contributed by atoms with Crippen molar-refractivity contribution >= 4 is 5.97 Å². The second-order valence-electron chi connectivity index (χ2n) is 4.15. The summed E-state index contributed by atoms with van der Waals surface area (Å²) in [6.07, 6.45) is 0.368. The highest BCUT2D eigenvalue weighted by Crippen LogP contribution is 2.11. The van der Waals surface area contributed by atoms with Crippen molar-refractivity contribution in [2.75, 3.05) is 20.7 Å². The molecule has 0 aliphatic heterocycles. The van der Waals surface area contributed by atoms with E-state index in [9.17, 15) is 9.18 Å². The van der Waals surface area contributed by atoms with Gasteiger partial charge in [0.2, 0.25) is 0 Å². The molecule has 0 saturated carbocycles. The van der Waals surface area contributed by atoms with Gasteiger partial charge >= 0.3 is 5.97 Å². The summed E-state index contributed by atoms with van der Waals surface area (Å²) in [5.74, 6) is -0.405. The van der Waals surface area contributed by atoms with Gasteiger partial charge in [0.1, 0.15) is 5.82 Å². The van der Waals surface area contributed by atoms with Crippen LogP contribution in [-0.2, 0) is 16.1 Å².